The number of piperidine rings is 1. The molecule has 0 bridgehead atoms. The van der Waals surface area contributed by atoms with E-state index in [4.69, 9.17) is 16.3 Å². The quantitative estimate of drug-likeness (QED) is 0.358. The number of carbonyl (C=O) groups is 1. The number of aliphatic hydroxyl groups excluding tert-OH is 1. The first-order chi connectivity index (χ1) is 17.1. The van der Waals surface area contributed by atoms with Crippen molar-refractivity contribution in [2.24, 2.45) is 0 Å². The van der Waals surface area contributed by atoms with Crippen molar-refractivity contribution in [2.75, 3.05) is 6.54 Å². The number of carbonyl (C=O) groups excluding carboxylic acids is 1. The van der Waals surface area contributed by atoms with Crippen LogP contribution in [0.25, 0.3) is 0 Å². The van der Waals surface area contributed by atoms with Gasteiger partial charge in [0.25, 0.3) is 0 Å². The molecule has 3 heterocycles. The third kappa shape index (κ3) is 5.62. The second-order valence-electron chi connectivity index (χ2n) is 8.58. The smallest absolute Gasteiger partial charge is 0.338 e. The van der Waals surface area contributed by atoms with Gasteiger partial charge < -0.3 is 9.84 Å². The maximum atomic E-state index is 12.2. The first-order valence-corrected chi connectivity index (χ1v) is 12.7. The van der Waals surface area contributed by atoms with Crippen LogP contribution in [-0.4, -0.2) is 43.6 Å². The average molecular weight is 509 g/mol. The van der Waals surface area contributed by atoms with Crippen LogP contribution in [0.3, 0.4) is 0 Å². The van der Waals surface area contributed by atoms with Crippen LogP contribution in [0, 0.1) is 0 Å². The molecular weight excluding hydrogens is 484 g/mol. The minimum atomic E-state index is -0.625. The summed E-state index contributed by atoms with van der Waals surface area (Å²) in [5.74, 6) is -0.412. The predicted octanol–water partition coefficient (Wildman–Crippen LogP) is 4.90. The molecule has 0 aliphatic carbocycles. The van der Waals surface area contributed by atoms with E-state index in [0.717, 1.165) is 12.1 Å². The maximum Gasteiger partial charge on any atom is 0.338 e. The Balaban J connectivity index is 1.31. The minimum absolute atomic E-state index is 0.0155. The van der Waals surface area contributed by atoms with Crippen LogP contribution in [0.2, 0.25) is 5.02 Å². The molecule has 1 aliphatic rings. The zero-order valence-corrected chi connectivity index (χ0v) is 20.5. The van der Waals surface area contributed by atoms with Crippen LogP contribution in [0.15, 0.2) is 78.3 Å². The molecule has 180 valence electrons. The molecule has 2 aromatic heterocycles. The van der Waals surface area contributed by atoms with Crippen molar-refractivity contribution in [2.45, 2.75) is 37.8 Å². The van der Waals surface area contributed by atoms with E-state index in [1.165, 1.54) is 4.88 Å². The Hall–Kier alpha value is -3.04. The van der Waals surface area contributed by atoms with Gasteiger partial charge in [0.15, 0.2) is 0 Å². The number of ether oxygens (including phenoxy) is 1. The van der Waals surface area contributed by atoms with Crippen molar-refractivity contribution < 1.29 is 14.6 Å². The van der Waals surface area contributed by atoms with Crippen LogP contribution in [0.4, 0.5) is 0 Å². The van der Waals surface area contributed by atoms with Gasteiger partial charge in [0.1, 0.15) is 12.3 Å². The molecule has 1 aliphatic heterocycles. The van der Waals surface area contributed by atoms with Gasteiger partial charge in [-0.05, 0) is 47.7 Å². The van der Waals surface area contributed by atoms with E-state index >= 15 is 0 Å². The van der Waals surface area contributed by atoms with Crippen molar-refractivity contribution in [3.05, 3.63) is 105 Å². The third-order valence-corrected chi connectivity index (χ3v) is 7.34. The lowest BCUT2D eigenvalue weighted by Crippen LogP contribution is -2.46. The maximum absolute atomic E-state index is 12.2. The van der Waals surface area contributed by atoms with Crippen LogP contribution in [0.1, 0.15) is 45.0 Å². The van der Waals surface area contributed by atoms with Gasteiger partial charge in [-0.1, -0.05) is 53.2 Å². The highest BCUT2D eigenvalue weighted by atomic mass is 35.5. The summed E-state index contributed by atoms with van der Waals surface area (Å²) < 4.78 is 7.08. The number of esters is 1. The highest BCUT2D eigenvalue weighted by Gasteiger charge is 2.37. The second-order valence-corrected chi connectivity index (χ2v) is 10.0. The van der Waals surface area contributed by atoms with Crippen LogP contribution < -0.4 is 0 Å². The number of thiophene rings is 1. The summed E-state index contributed by atoms with van der Waals surface area (Å²) in [5.41, 5.74) is 2.16. The van der Waals surface area contributed by atoms with Gasteiger partial charge in [-0.3, -0.25) is 4.90 Å². The molecule has 1 N–H and O–H groups in total. The highest BCUT2D eigenvalue weighted by molar-refractivity contribution is 7.09. The lowest BCUT2D eigenvalue weighted by Gasteiger charge is -2.42. The Morgan fingerprint density at radius 2 is 1.91 bits per heavy atom. The number of rotatable bonds is 7. The number of likely N-dealkylation sites (tertiary alicyclic amines) is 1. The third-order valence-electron chi connectivity index (χ3n) is 6.22. The number of hydrogen-bond donors (Lipinski definition) is 1. The van der Waals surface area contributed by atoms with E-state index in [2.05, 4.69) is 26.7 Å². The molecule has 9 heteroatoms. The van der Waals surface area contributed by atoms with E-state index in [0.29, 0.717) is 29.2 Å². The molecule has 0 saturated carbocycles. The zero-order chi connectivity index (χ0) is 24.2. The standard InChI is InChI=1S/C26H25ClN4O3S/c27-20-10-8-18(9-11-20)23-13-24(25(32)16-30(23)15-22-7-4-12-35-22)31-14-21(28-29-31)17-34-26(33)19-5-2-1-3-6-19/h1-12,14,23-25,32H,13,15-17H2/t23-,24-,25+/m1/s1. The molecule has 0 radical (unpaired) electrons. The Labute approximate surface area is 212 Å². The number of aromatic nitrogens is 3. The van der Waals surface area contributed by atoms with Crippen molar-refractivity contribution in [1.29, 1.82) is 0 Å². The molecule has 35 heavy (non-hydrogen) atoms. The summed E-state index contributed by atoms with van der Waals surface area (Å²) >= 11 is 7.84. The van der Waals surface area contributed by atoms with Gasteiger partial charge in [0, 0.05) is 29.0 Å². The molecule has 0 unspecified atom stereocenters. The SMILES string of the molecule is O=C(OCc1cn([C@@H]2C[C@H](c3ccc(Cl)cc3)N(Cc3cccs3)C[C@@H]2O)nn1)c1ccccc1. The highest BCUT2D eigenvalue weighted by Crippen LogP contribution is 2.38. The molecule has 2 aromatic carbocycles. The Kier molecular flexibility index (Phi) is 7.24. The largest absolute Gasteiger partial charge is 0.455 e. The molecule has 4 aromatic rings. The van der Waals surface area contributed by atoms with Crippen molar-refractivity contribution in [3.8, 4) is 0 Å². The molecule has 3 atom stereocenters. The monoisotopic (exact) mass is 508 g/mol. The summed E-state index contributed by atoms with van der Waals surface area (Å²) in [4.78, 5) is 15.8. The first kappa shape index (κ1) is 23.7. The fourth-order valence-corrected chi connectivity index (χ4v) is 5.31. The Morgan fingerprint density at radius 1 is 1.11 bits per heavy atom. The van der Waals surface area contributed by atoms with Crippen molar-refractivity contribution in [3.63, 3.8) is 0 Å². The van der Waals surface area contributed by atoms with E-state index in [1.807, 2.05) is 36.4 Å². The lowest BCUT2D eigenvalue weighted by molar-refractivity contribution is -0.0131. The fourth-order valence-electron chi connectivity index (χ4n) is 4.46. The predicted molar refractivity (Wildman–Crippen MR) is 134 cm³/mol. The van der Waals surface area contributed by atoms with Gasteiger partial charge in [-0.15, -0.1) is 16.4 Å². The van der Waals surface area contributed by atoms with Gasteiger partial charge in [0.2, 0.25) is 0 Å². The lowest BCUT2D eigenvalue weighted by atomic mass is 9.90. The Morgan fingerprint density at radius 3 is 2.66 bits per heavy atom. The summed E-state index contributed by atoms with van der Waals surface area (Å²) in [7, 11) is 0. The van der Waals surface area contributed by atoms with Gasteiger partial charge in [0.05, 0.1) is 23.9 Å². The van der Waals surface area contributed by atoms with E-state index in [-0.39, 0.29) is 18.7 Å². The van der Waals surface area contributed by atoms with E-state index in [9.17, 15) is 9.90 Å². The molecular formula is C26H25ClN4O3S. The molecule has 0 spiro atoms. The molecule has 5 rings (SSSR count). The summed E-state index contributed by atoms with van der Waals surface area (Å²) in [6.45, 7) is 1.27. The number of β-amino-alcohol motifs (C(OH)–C–C–N with tert-alkyl or cyclic N) is 1. The average Bonchev–Trinajstić information content (AvgIpc) is 3.56. The zero-order valence-electron chi connectivity index (χ0n) is 18.9. The van der Waals surface area contributed by atoms with Gasteiger partial charge >= 0.3 is 5.97 Å². The van der Waals surface area contributed by atoms with Crippen molar-refractivity contribution >= 4 is 28.9 Å². The molecule has 1 fully saturated rings. The summed E-state index contributed by atoms with van der Waals surface area (Å²) in [6, 6.07) is 20.7. The number of benzene rings is 2. The number of nitrogens with zero attached hydrogens (tertiary/aromatic N) is 4. The van der Waals surface area contributed by atoms with E-state index < -0.39 is 12.1 Å². The fraction of sp³-hybridized carbons (Fsp3) is 0.269. The van der Waals surface area contributed by atoms with Crippen LogP contribution in [0.5, 0.6) is 0 Å². The topological polar surface area (TPSA) is 80.5 Å². The van der Waals surface area contributed by atoms with Gasteiger partial charge in [-0.2, -0.15) is 0 Å². The molecule has 0 amide bonds. The summed E-state index contributed by atoms with van der Waals surface area (Å²) in [5, 5.41) is 22.3. The van der Waals surface area contributed by atoms with Crippen LogP contribution in [-0.2, 0) is 17.9 Å². The minimum Gasteiger partial charge on any atom is -0.455 e. The normalized spacial score (nSPS) is 20.6. The summed E-state index contributed by atoms with van der Waals surface area (Å²) in [6.07, 6.45) is 1.78. The van der Waals surface area contributed by atoms with Crippen molar-refractivity contribution in [1.82, 2.24) is 19.9 Å². The second kappa shape index (κ2) is 10.7. The molecule has 1 saturated heterocycles. The van der Waals surface area contributed by atoms with E-state index in [1.54, 1.807) is 46.5 Å². The van der Waals surface area contributed by atoms with Crippen LogP contribution >= 0.6 is 22.9 Å². The van der Waals surface area contributed by atoms with Gasteiger partial charge in [-0.25, -0.2) is 9.48 Å². The number of hydrogen-bond acceptors (Lipinski definition) is 7. The number of aliphatic hydroxyl groups is 1. The Bertz CT molecular complexity index is 1250. The first-order valence-electron chi connectivity index (χ1n) is 11.4. The molecule has 7 nitrogen and oxygen atoms in total. The number of halogens is 1.